The number of aromatic amines is 1. The molecule has 3 aromatic rings. The van der Waals surface area contributed by atoms with Gasteiger partial charge in [0.25, 0.3) is 5.91 Å². The third kappa shape index (κ3) is 6.40. The van der Waals surface area contributed by atoms with Crippen LogP contribution < -0.4 is 14.2 Å². The molecular formula is C25H30N4O5S. The minimum Gasteiger partial charge on any atom is -0.493 e. The maximum absolute atomic E-state index is 13.7. The van der Waals surface area contributed by atoms with E-state index in [1.807, 2.05) is 30.0 Å². The van der Waals surface area contributed by atoms with E-state index in [9.17, 15) is 13.2 Å². The summed E-state index contributed by atoms with van der Waals surface area (Å²) in [4.78, 5) is 23.0. The molecule has 2 heterocycles. The number of hydrogen-bond donors (Lipinski definition) is 2. The van der Waals surface area contributed by atoms with Gasteiger partial charge >= 0.3 is 10.1 Å². The number of carbonyl (C=O) groups excluding carboxylic acids is 1. The molecule has 1 saturated heterocycles. The van der Waals surface area contributed by atoms with Crippen molar-refractivity contribution in [1.29, 1.82) is 0 Å². The summed E-state index contributed by atoms with van der Waals surface area (Å²) in [5, 5.41) is 3.34. The molecule has 1 fully saturated rings. The summed E-state index contributed by atoms with van der Waals surface area (Å²) >= 11 is 0. The van der Waals surface area contributed by atoms with E-state index in [0.717, 1.165) is 43.3 Å². The van der Waals surface area contributed by atoms with Gasteiger partial charge in [0, 0.05) is 30.5 Å². The molecule has 0 radical (unpaired) electrons. The number of nitrogens with one attached hydrogen (secondary N) is 2. The maximum Gasteiger partial charge on any atom is 0.306 e. The van der Waals surface area contributed by atoms with Crippen molar-refractivity contribution >= 4 is 16.0 Å². The summed E-state index contributed by atoms with van der Waals surface area (Å²) in [6.07, 6.45) is 6.09. The predicted molar refractivity (Wildman–Crippen MR) is 133 cm³/mol. The van der Waals surface area contributed by atoms with Gasteiger partial charge in [-0.25, -0.2) is 4.98 Å². The van der Waals surface area contributed by atoms with Crippen LogP contribution in [-0.2, 0) is 16.7 Å². The Morgan fingerprint density at radius 2 is 1.97 bits per heavy atom. The van der Waals surface area contributed by atoms with Gasteiger partial charge in [0.2, 0.25) is 0 Å². The fourth-order valence-corrected chi connectivity index (χ4v) is 4.70. The molecule has 35 heavy (non-hydrogen) atoms. The first-order valence-corrected chi connectivity index (χ1v) is 13.4. The van der Waals surface area contributed by atoms with Crippen LogP contribution in [0.5, 0.6) is 11.5 Å². The van der Waals surface area contributed by atoms with Crippen molar-refractivity contribution in [2.75, 3.05) is 26.0 Å². The molecule has 1 aromatic heterocycles. The fourth-order valence-electron chi connectivity index (χ4n) is 4.25. The number of amides is 1. The first-order chi connectivity index (χ1) is 16.8. The Kier molecular flexibility index (Phi) is 7.72. The van der Waals surface area contributed by atoms with Crippen LogP contribution >= 0.6 is 0 Å². The highest BCUT2D eigenvalue weighted by atomic mass is 32.2. The number of ether oxygens (including phenoxy) is 1. The number of nitrogens with zero attached hydrogens (tertiary/aromatic N) is 2. The molecule has 186 valence electrons. The third-order valence-electron chi connectivity index (χ3n) is 5.79. The zero-order valence-corrected chi connectivity index (χ0v) is 20.7. The van der Waals surface area contributed by atoms with Crippen LogP contribution in [-0.4, -0.2) is 61.2 Å². The summed E-state index contributed by atoms with van der Waals surface area (Å²) in [6.45, 7) is 4.47. The van der Waals surface area contributed by atoms with Gasteiger partial charge in [-0.15, -0.1) is 0 Å². The standard InChI is InChI=1S/C25H30N4O5S/c1-3-33-23-15-18(7-8-22(23)24-27-13-14-28-24)17-29(20-9-11-26-12-10-20)25(30)19-5-4-6-21(16-19)34-35(2,31)32/h4-8,13-16,20,26H,3,9-12,17H2,1-2H3,(H,27,28). The summed E-state index contributed by atoms with van der Waals surface area (Å²) < 4.78 is 34.0. The van der Waals surface area contributed by atoms with Gasteiger partial charge < -0.3 is 24.1 Å². The van der Waals surface area contributed by atoms with Gasteiger partial charge in [0.1, 0.15) is 17.3 Å². The van der Waals surface area contributed by atoms with Gasteiger partial charge in [-0.2, -0.15) is 8.42 Å². The smallest absolute Gasteiger partial charge is 0.306 e. The summed E-state index contributed by atoms with van der Waals surface area (Å²) in [6, 6.07) is 12.2. The lowest BCUT2D eigenvalue weighted by atomic mass is 10.0. The van der Waals surface area contributed by atoms with Crippen LogP contribution in [0.3, 0.4) is 0 Å². The van der Waals surface area contributed by atoms with E-state index in [-0.39, 0.29) is 17.7 Å². The molecule has 0 aliphatic carbocycles. The minimum atomic E-state index is -3.70. The summed E-state index contributed by atoms with van der Waals surface area (Å²) in [5.41, 5.74) is 2.16. The fraction of sp³-hybridized carbons (Fsp3) is 0.360. The molecule has 2 aromatic carbocycles. The number of rotatable bonds is 9. The molecule has 10 heteroatoms. The molecule has 1 aliphatic rings. The quantitative estimate of drug-likeness (QED) is 0.436. The second-order valence-corrected chi connectivity index (χ2v) is 10.0. The van der Waals surface area contributed by atoms with Gasteiger partial charge in [-0.1, -0.05) is 12.1 Å². The van der Waals surface area contributed by atoms with Crippen LogP contribution in [0.2, 0.25) is 0 Å². The normalized spacial score (nSPS) is 14.5. The predicted octanol–water partition coefficient (Wildman–Crippen LogP) is 3.21. The Bertz CT molecular complexity index is 1250. The summed E-state index contributed by atoms with van der Waals surface area (Å²) in [7, 11) is -3.70. The van der Waals surface area contributed by atoms with Gasteiger partial charge in [-0.3, -0.25) is 4.79 Å². The molecule has 0 bridgehead atoms. The number of hydrogen-bond acceptors (Lipinski definition) is 7. The minimum absolute atomic E-state index is 0.0449. The van der Waals surface area contributed by atoms with Crippen molar-refractivity contribution in [3.05, 3.63) is 66.0 Å². The van der Waals surface area contributed by atoms with Crippen molar-refractivity contribution in [2.24, 2.45) is 0 Å². The highest BCUT2D eigenvalue weighted by Gasteiger charge is 2.27. The SMILES string of the molecule is CCOc1cc(CN(C(=O)c2cccc(OS(C)(=O)=O)c2)C2CCNCC2)ccc1-c1ncc[nH]1. The molecule has 0 unspecified atom stereocenters. The lowest BCUT2D eigenvalue weighted by molar-refractivity contribution is 0.0622. The van der Waals surface area contributed by atoms with E-state index in [0.29, 0.717) is 30.3 Å². The number of carbonyl (C=O) groups is 1. The molecule has 0 saturated carbocycles. The van der Waals surface area contributed by atoms with Gasteiger partial charge in [0.15, 0.2) is 0 Å². The molecule has 0 spiro atoms. The van der Waals surface area contributed by atoms with Crippen LogP contribution in [0.4, 0.5) is 0 Å². The molecule has 1 amide bonds. The number of H-pyrrole nitrogens is 1. The number of benzene rings is 2. The Morgan fingerprint density at radius 3 is 2.66 bits per heavy atom. The van der Waals surface area contributed by atoms with Crippen molar-refractivity contribution in [2.45, 2.75) is 32.4 Å². The van der Waals surface area contributed by atoms with E-state index >= 15 is 0 Å². The van der Waals surface area contributed by atoms with Crippen LogP contribution in [0.25, 0.3) is 11.4 Å². The third-order valence-corrected chi connectivity index (χ3v) is 6.29. The average Bonchev–Trinajstić information content (AvgIpc) is 3.37. The highest BCUT2D eigenvalue weighted by Crippen LogP contribution is 2.30. The first kappa shape index (κ1) is 24.7. The van der Waals surface area contributed by atoms with Crippen LogP contribution in [0.1, 0.15) is 35.7 Å². The van der Waals surface area contributed by atoms with Crippen molar-refractivity contribution in [3.63, 3.8) is 0 Å². The van der Waals surface area contributed by atoms with Gasteiger partial charge in [0.05, 0.1) is 18.4 Å². The largest absolute Gasteiger partial charge is 0.493 e. The highest BCUT2D eigenvalue weighted by molar-refractivity contribution is 7.86. The van der Waals surface area contributed by atoms with E-state index in [4.69, 9.17) is 8.92 Å². The van der Waals surface area contributed by atoms with E-state index in [1.165, 1.54) is 12.1 Å². The lowest BCUT2D eigenvalue weighted by Crippen LogP contribution is -2.45. The zero-order valence-electron chi connectivity index (χ0n) is 19.9. The second kappa shape index (κ2) is 10.9. The Hall–Kier alpha value is -3.37. The zero-order chi connectivity index (χ0) is 24.8. The van der Waals surface area contributed by atoms with Crippen molar-refractivity contribution in [1.82, 2.24) is 20.2 Å². The maximum atomic E-state index is 13.7. The Balaban J connectivity index is 1.64. The Labute approximate surface area is 205 Å². The topological polar surface area (TPSA) is 114 Å². The first-order valence-electron chi connectivity index (χ1n) is 11.6. The molecule has 2 N–H and O–H groups in total. The molecule has 9 nitrogen and oxygen atoms in total. The van der Waals surface area contributed by atoms with Crippen molar-refractivity contribution in [3.8, 4) is 22.9 Å². The molecule has 0 atom stereocenters. The van der Waals surface area contributed by atoms with Gasteiger partial charge in [-0.05, 0) is 68.8 Å². The summed E-state index contributed by atoms with van der Waals surface area (Å²) in [5.74, 6) is 1.35. The van der Waals surface area contributed by atoms with Crippen LogP contribution in [0, 0.1) is 0 Å². The lowest BCUT2D eigenvalue weighted by Gasteiger charge is -2.35. The average molecular weight is 499 g/mol. The number of piperidine rings is 1. The van der Waals surface area contributed by atoms with E-state index < -0.39 is 10.1 Å². The molecule has 4 rings (SSSR count). The van der Waals surface area contributed by atoms with E-state index in [1.54, 1.807) is 24.5 Å². The molecular weight excluding hydrogens is 468 g/mol. The second-order valence-electron chi connectivity index (χ2n) is 8.43. The number of imidazole rings is 1. The molecule has 1 aliphatic heterocycles. The number of aromatic nitrogens is 2. The van der Waals surface area contributed by atoms with E-state index in [2.05, 4.69) is 15.3 Å². The Morgan fingerprint density at radius 1 is 1.17 bits per heavy atom. The van der Waals surface area contributed by atoms with Crippen LogP contribution in [0.15, 0.2) is 54.9 Å². The van der Waals surface area contributed by atoms with Crippen molar-refractivity contribution < 1.29 is 22.1 Å². The monoisotopic (exact) mass is 498 g/mol.